The summed E-state index contributed by atoms with van der Waals surface area (Å²) in [5.74, 6) is -3.10. The average molecular weight is 273 g/mol. The Bertz CT molecular complexity index is 682. The smallest absolute Gasteiger partial charge is 0.417 e. The molecule has 0 saturated carbocycles. The first-order valence-corrected chi connectivity index (χ1v) is 4.88. The molecule has 5 nitrogen and oxygen atoms in total. The summed E-state index contributed by atoms with van der Waals surface area (Å²) in [6, 6.07) is 1.92. The molecule has 0 aliphatic heterocycles. The maximum Gasteiger partial charge on any atom is 0.417 e. The molecule has 8 heteroatoms. The lowest BCUT2D eigenvalue weighted by Crippen LogP contribution is -2.07. The van der Waals surface area contributed by atoms with Crippen LogP contribution in [0.5, 0.6) is 11.5 Å². The number of hydrogen-bond donors (Lipinski definition) is 3. The van der Waals surface area contributed by atoms with Gasteiger partial charge in [-0.15, -0.1) is 0 Å². The molecule has 1 heterocycles. The Morgan fingerprint density at radius 1 is 1.16 bits per heavy atom. The highest BCUT2D eigenvalue weighted by Crippen LogP contribution is 2.41. The third-order valence-corrected chi connectivity index (χ3v) is 2.44. The fourth-order valence-electron chi connectivity index (χ4n) is 1.65. The number of pyridine rings is 1. The Morgan fingerprint density at radius 3 is 2.32 bits per heavy atom. The molecule has 0 fully saturated rings. The van der Waals surface area contributed by atoms with Gasteiger partial charge in [-0.1, -0.05) is 0 Å². The topological polar surface area (TPSA) is 90.7 Å². The lowest BCUT2D eigenvalue weighted by Gasteiger charge is -2.12. The first-order valence-electron chi connectivity index (χ1n) is 4.88. The fourth-order valence-corrected chi connectivity index (χ4v) is 1.65. The quantitative estimate of drug-likeness (QED) is 0.742. The van der Waals surface area contributed by atoms with Gasteiger partial charge >= 0.3 is 12.1 Å². The zero-order chi connectivity index (χ0) is 14.4. The second kappa shape index (κ2) is 4.01. The summed E-state index contributed by atoms with van der Waals surface area (Å²) in [6.07, 6.45) is -4.77. The van der Waals surface area contributed by atoms with E-state index in [1.54, 1.807) is 0 Å². The van der Waals surface area contributed by atoms with Gasteiger partial charge < -0.3 is 15.3 Å². The van der Waals surface area contributed by atoms with Gasteiger partial charge in [0.2, 0.25) is 0 Å². The number of nitrogens with zero attached hydrogens (tertiary/aromatic N) is 1. The predicted octanol–water partition coefficient (Wildman–Crippen LogP) is 2.36. The van der Waals surface area contributed by atoms with Crippen molar-refractivity contribution in [3.8, 4) is 11.5 Å². The monoisotopic (exact) mass is 273 g/mol. The van der Waals surface area contributed by atoms with Crippen molar-refractivity contribution in [2.24, 2.45) is 0 Å². The molecule has 0 unspecified atom stereocenters. The van der Waals surface area contributed by atoms with Crippen LogP contribution in [0.4, 0.5) is 13.2 Å². The molecule has 0 radical (unpaired) electrons. The van der Waals surface area contributed by atoms with Crippen molar-refractivity contribution < 1.29 is 33.3 Å². The van der Waals surface area contributed by atoms with E-state index >= 15 is 0 Å². The van der Waals surface area contributed by atoms with E-state index in [9.17, 15) is 28.2 Å². The van der Waals surface area contributed by atoms with E-state index < -0.39 is 45.8 Å². The van der Waals surface area contributed by atoms with Gasteiger partial charge in [0.15, 0.2) is 5.69 Å². The number of carboxylic acid groups (broad SMARTS) is 1. The van der Waals surface area contributed by atoms with E-state index in [0.29, 0.717) is 12.1 Å². The molecule has 0 spiro atoms. The van der Waals surface area contributed by atoms with Gasteiger partial charge in [-0.3, -0.25) is 0 Å². The molecular formula is C11H6F3NO4. The lowest BCUT2D eigenvalue weighted by atomic mass is 10.1. The number of carbonyl (C=O) groups is 1. The van der Waals surface area contributed by atoms with Gasteiger partial charge in [0.05, 0.1) is 10.9 Å². The number of phenolic OH excluding ortho intramolecular Hbond substituents is 1. The summed E-state index contributed by atoms with van der Waals surface area (Å²) >= 11 is 0. The van der Waals surface area contributed by atoms with Crippen LogP contribution >= 0.6 is 0 Å². The van der Waals surface area contributed by atoms with Gasteiger partial charge in [-0.05, 0) is 12.1 Å². The Kier molecular flexibility index (Phi) is 2.73. The number of rotatable bonds is 1. The van der Waals surface area contributed by atoms with Crippen LogP contribution in [0.3, 0.4) is 0 Å². The largest absolute Gasteiger partial charge is 0.507 e. The van der Waals surface area contributed by atoms with Crippen molar-refractivity contribution in [2.75, 3.05) is 0 Å². The van der Waals surface area contributed by atoms with Crippen molar-refractivity contribution in [2.45, 2.75) is 6.18 Å². The zero-order valence-corrected chi connectivity index (χ0v) is 9.06. The van der Waals surface area contributed by atoms with E-state index in [4.69, 9.17) is 5.11 Å². The number of carboxylic acids is 1. The molecule has 100 valence electrons. The minimum Gasteiger partial charge on any atom is -0.507 e. The second-order valence-corrected chi connectivity index (χ2v) is 3.69. The molecule has 2 rings (SSSR count). The molecule has 3 N–H and O–H groups in total. The van der Waals surface area contributed by atoms with Gasteiger partial charge in [0.25, 0.3) is 0 Å². The molecule has 0 atom stereocenters. The van der Waals surface area contributed by atoms with Crippen LogP contribution in [0, 0.1) is 0 Å². The molecule has 0 aliphatic rings. The molecule has 0 bridgehead atoms. The van der Waals surface area contributed by atoms with Gasteiger partial charge in [-0.2, -0.15) is 13.2 Å². The molecule has 1 aromatic heterocycles. The van der Waals surface area contributed by atoms with Gasteiger partial charge in [-0.25, -0.2) is 9.78 Å². The number of aromatic hydroxyl groups is 2. The number of halogens is 3. The van der Waals surface area contributed by atoms with E-state index in [2.05, 4.69) is 4.98 Å². The minimum atomic E-state index is -4.77. The number of hydrogen-bond acceptors (Lipinski definition) is 4. The highest BCUT2D eigenvalue weighted by Gasteiger charge is 2.34. The van der Waals surface area contributed by atoms with Gasteiger partial charge in [0.1, 0.15) is 17.0 Å². The van der Waals surface area contributed by atoms with Crippen molar-refractivity contribution in [3.05, 3.63) is 29.5 Å². The fraction of sp³-hybridized carbons (Fsp3) is 0.0909. The first kappa shape index (κ1) is 12.9. The average Bonchev–Trinajstić information content (AvgIpc) is 2.28. The van der Waals surface area contributed by atoms with Crippen LogP contribution in [0.15, 0.2) is 18.2 Å². The van der Waals surface area contributed by atoms with Crippen LogP contribution in [0.25, 0.3) is 10.9 Å². The number of fused-ring (bicyclic) bond motifs is 1. The summed E-state index contributed by atoms with van der Waals surface area (Å²) in [5.41, 5.74) is -2.49. The second-order valence-electron chi connectivity index (χ2n) is 3.69. The van der Waals surface area contributed by atoms with Crippen molar-refractivity contribution in [1.29, 1.82) is 0 Å². The Labute approximate surface area is 103 Å². The van der Waals surface area contributed by atoms with Crippen molar-refractivity contribution in [1.82, 2.24) is 4.98 Å². The number of aromatic nitrogens is 1. The number of phenols is 1. The standard InChI is InChI=1S/C11H6F3NO4/c12-11(13,14)4-1-2-6(16)9-8(4)7(17)3-5(15-9)10(18)19/h1-3,16H,(H,15,17)(H,18,19). The normalized spacial score (nSPS) is 11.7. The van der Waals surface area contributed by atoms with Crippen LogP contribution in [0.2, 0.25) is 0 Å². The molecule has 0 amide bonds. The Hall–Kier alpha value is -2.51. The van der Waals surface area contributed by atoms with E-state index in [-0.39, 0.29) is 0 Å². The molecule has 1 aromatic carbocycles. The van der Waals surface area contributed by atoms with Gasteiger partial charge in [0, 0.05) is 6.07 Å². The number of aromatic carboxylic acids is 1. The Balaban J connectivity index is 2.92. The third kappa shape index (κ3) is 2.12. The lowest BCUT2D eigenvalue weighted by molar-refractivity contribution is -0.136. The summed E-state index contributed by atoms with van der Waals surface area (Å²) in [5, 5.41) is 27.0. The predicted molar refractivity (Wildman–Crippen MR) is 57.0 cm³/mol. The molecular weight excluding hydrogens is 267 g/mol. The molecule has 2 aromatic rings. The SMILES string of the molecule is O=C(O)c1cc(O)c2c(C(F)(F)F)ccc(O)c2n1. The van der Waals surface area contributed by atoms with E-state index in [1.807, 2.05) is 0 Å². The van der Waals surface area contributed by atoms with E-state index in [1.165, 1.54) is 0 Å². The van der Waals surface area contributed by atoms with Crippen molar-refractivity contribution >= 4 is 16.9 Å². The maximum atomic E-state index is 12.8. The summed E-state index contributed by atoms with van der Waals surface area (Å²) in [7, 11) is 0. The van der Waals surface area contributed by atoms with Crippen LogP contribution in [-0.4, -0.2) is 26.3 Å². The summed E-state index contributed by atoms with van der Waals surface area (Å²) in [4.78, 5) is 14.1. The van der Waals surface area contributed by atoms with Crippen LogP contribution in [-0.2, 0) is 6.18 Å². The summed E-state index contributed by atoms with van der Waals surface area (Å²) < 4.78 is 38.3. The maximum absolute atomic E-state index is 12.8. The first-order chi connectivity index (χ1) is 8.71. The van der Waals surface area contributed by atoms with Crippen LogP contribution < -0.4 is 0 Å². The summed E-state index contributed by atoms with van der Waals surface area (Å²) in [6.45, 7) is 0. The van der Waals surface area contributed by atoms with E-state index in [0.717, 1.165) is 6.07 Å². The van der Waals surface area contributed by atoms with Crippen LogP contribution in [0.1, 0.15) is 16.1 Å². The number of benzene rings is 1. The highest BCUT2D eigenvalue weighted by molar-refractivity contribution is 5.97. The number of alkyl halides is 3. The third-order valence-electron chi connectivity index (χ3n) is 2.44. The Morgan fingerprint density at radius 2 is 1.79 bits per heavy atom. The highest BCUT2D eigenvalue weighted by atomic mass is 19.4. The van der Waals surface area contributed by atoms with Crippen molar-refractivity contribution in [3.63, 3.8) is 0 Å². The molecule has 0 saturated heterocycles. The molecule has 19 heavy (non-hydrogen) atoms. The molecule has 0 aliphatic carbocycles. The zero-order valence-electron chi connectivity index (χ0n) is 9.06. The minimum absolute atomic E-state index is 0.583.